The predicted octanol–water partition coefficient (Wildman–Crippen LogP) is 2.79. The molecule has 1 amide bonds. The molecule has 0 saturated carbocycles. The fraction of sp³-hybridized carbons (Fsp3) is 0.412. The highest BCUT2D eigenvalue weighted by Crippen LogP contribution is 2.19. The fourth-order valence-electron chi connectivity index (χ4n) is 2.87. The molecule has 25 heavy (non-hydrogen) atoms. The molecule has 1 fully saturated rings. The van der Waals surface area contributed by atoms with Gasteiger partial charge >= 0.3 is 0 Å². The van der Waals surface area contributed by atoms with Gasteiger partial charge in [-0.3, -0.25) is 14.4 Å². The first-order chi connectivity index (χ1) is 12.0. The van der Waals surface area contributed by atoms with Crippen molar-refractivity contribution in [1.82, 2.24) is 19.6 Å². The molecule has 0 bridgehead atoms. The third kappa shape index (κ3) is 3.82. The lowest BCUT2D eigenvalue weighted by molar-refractivity contribution is 0.0620. The van der Waals surface area contributed by atoms with Crippen molar-refractivity contribution in [3.05, 3.63) is 52.3 Å². The molecule has 0 radical (unpaired) electrons. The van der Waals surface area contributed by atoms with Gasteiger partial charge in [-0.1, -0.05) is 23.7 Å². The second-order valence-electron chi connectivity index (χ2n) is 5.96. The average molecular weight is 369 g/mol. The van der Waals surface area contributed by atoms with E-state index in [2.05, 4.69) is 5.10 Å². The smallest absolute Gasteiger partial charge is 0.276 e. The molecule has 1 aliphatic rings. The van der Waals surface area contributed by atoms with Gasteiger partial charge in [0.2, 0.25) is 0 Å². The molecule has 0 N–H and O–H groups in total. The van der Waals surface area contributed by atoms with Crippen molar-refractivity contribution in [2.24, 2.45) is 0 Å². The number of benzene rings is 1. The number of carbonyl (C=O) groups is 1. The Hall–Kier alpha value is -1.99. The van der Waals surface area contributed by atoms with Gasteiger partial charge in [-0.15, -0.1) is 0 Å². The number of nitrogens with zero attached hydrogens (tertiary/aromatic N) is 4. The van der Waals surface area contributed by atoms with Gasteiger partial charge < -0.3 is 4.90 Å². The summed E-state index contributed by atoms with van der Waals surface area (Å²) in [5.41, 5.74) is 0.581. The summed E-state index contributed by atoms with van der Waals surface area (Å²) in [6.07, 6.45) is 1.64. The van der Waals surface area contributed by atoms with Crippen LogP contribution < -0.4 is 0 Å². The highest BCUT2D eigenvalue weighted by Gasteiger charge is 2.26. The van der Waals surface area contributed by atoms with Gasteiger partial charge in [0.15, 0.2) is 17.3 Å². The highest BCUT2D eigenvalue weighted by atomic mass is 35.5. The Morgan fingerprint density at radius 1 is 1.24 bits per heavy atom. The van der Waals surface area contributed by atoms with Crippen LogP contribution in [-0.2, 0) is 13.1 Å². The number of aryl methyl sites for hydroxylation is 1. The molecule has 2 heterocycles. The Morgan fingerprint density at radius 3 is 2.60 bits per heavy atom. The number of piperazine rings is 1. The van der Waals surface area contributed by atoms with Crippen molar-refractivity contribution in [3.63, 3.8) is 0 Å². The van der Waals surface area contributed by atoms with Crippen LogP contribution in [0.5, 0.6) is 0 Å². The molecular formula is C17H19ClF2N4O. The summed E-state index contributed by atoms with van der Waals surface area (Å²) in [6, 6.07) is 4.18. The molecule has 0 aliphatic carbocycles. The molecule has 1 aliphatic heterocycles. The minimum absolute atomic E-state index is 0.200. The number of carbonyl (C=O) groups excluding carboxylic acids is 1. The van der Waals surface area contributed by atoms with E-state index in [-0.39, 0.29) is 11.6 Å². The quantitative estimate of drug-likeness (QED) is 0.833. The normalized spacial score (nSPS) is 15.6. The number of halogens is 3. The van der Waals surface area contributed by atoms with Gasteiger partial charge in [0.1, 0.15) is 0 Å². The Balaban J connectivity index is 1.60. The Morgan fingerprint density at radius 2 is 1.96 bits per heavy atom. The number of hydrogen-bond donors (Lipinski definition) is 0. The number of rotatable bonds is 4. The van der Waals surface area contributed by atoms with Crippen LogP contribution in [0.2, 0.25) is 5.02 Å². The molecule has 1 aromatic carbocycles. The zero-order chi connectivity index (χ0) is 18.0. The maximum atomic E-state index is 13.8. The van der Waals surface area contributed by atoms with E-state index < -0.39 is 11.6 Å². The first-order valence-corrected chi connectivity index (χ1v) is 8.55. The lowest BCUT2D eigenvalue weighted by Gasteiger charge is -2.34. The third-order valence-electron chi connectivity index (χ3n) is 4.33. The van der Waals surface area contributed by atoms with Crippen molar-refractivity contribution in [3.8, 4) is 0 Å². The lowest BCUT2D eigenvalue weighted by atomic mass is 10.1. The van der Waals surface area contributed by atoms with Gasteiger partial charge in [0, 0.05) is 51.0 Å². The second-order valence-corrected chi connectivity index (χ2v) is 6.37. The van der Waals surface area contributed by atoms with Crippen molar-refractivity contribution >= 4 is 17.5 Å². The van der Waals surface area contributed by atoms with E-state index in [1.54, 1.807) is 21.8 Å². The highest BCUT2D eigenvalue weighted by molar-refractivity contribution is 6.33. The van der Waals surface area contributed by atoms with Crippen molar-refractivity contribution in [1.29, 1.82) is 0 Å². The van der Waals surface area contributed by atoms with Crippen LogP contribution >= 0.6 is 11.6 Å². The molecule has 0 unspecified atom stereocenters. The number of amides is 1. The number of hydrogen-bond acceptors (Lipinski definition) is 3. The standard InChI is InChI=1S/C17H19ClF2N4O/c1-2-24-11-13(18)16(21-24)17(25)23-8-6-22(7-9-23)10-12-4-3-5-14(19)15(12)20/h3-5,11H,2,6-10H2,1H3. The Bertz CT molecular complexity index is 772. The van der Waals surface area contributed by atoms with Gasteiger partial charge in [-0.05, 0) is 13.0 Å². The molecule has 5 nitrogen and oxygen atoms in total. The predicted molar refractivity (Wildman–Crippen MR) is 90.4 cm³/mol. The summed E-state index contributed by atoms with van der Waals surface area (Å²) >= 11 is 6.09. The molecular weight excluding hydrogens is 350 g/mol. The van der Waals surface area contributed by atoms with E-state index in [9.17, 15) is 13.6 Å². The zero-order valence-corrected chi connectivity index (χ0v) is 14.6. The maximum Gasteiger partial charge on any atom is 0.276 e. The summed E-state index contributed by atoms with van der Waals surface area (Å²) in [6.45, 7) is 5.01. The fourth-order valence-corrected chi connectivity index (χ4v) is 3.11. The van der Waals surface area contributed by atoms with Gasteiger partial charge in [-0.25, -0.2) is 8.78 Å². The van der Waals surface area contributed by atoms with Crippen LogP contribution in [0.3, 0.4) is 0 Å². The van der Waals surface area contributed by atoms with Crippen molar-refractivity contribution < 1.29 is 13.6 Å². The van der Waals surface area contributed by atoms with Gasteiger partial charge in [-0.2, -0.15) is 5.10 Å². The molecule has 134 valence electrons. The Kier molecular flexibility index (Phi) is 5.34. The third-order valence-corrected chi connectivity index (χ3v) is 4.61. The summed E-state index contributed by atoms with van der Waals surface area (Å²) in [7, 11) is 0. The van der Waals surface area contributed by atoms with E-state index in [0.29, 0.717) is 49.9 Å². The van der Waals surface area contributed by atoms with Crippen LogP contribution in [0.25, 0.3) is 0 Å². The maximum absolute atomic E-state index is 13.8. The molecule has 0 spiro atoms. The summed E-state index contributed by atoms with van der Waals surface area (Å²) in [4.78, 5) is 16.2. The van der Waals surface area contributed by atoms with E-state index in [1.807, 2.05) is 11.8 Å². The van der Waals surface area contributed by atoms with Crippen LogP contribution in [0.1, 0.15) is 23.0 Å². The average Bonchev–Trinajstić information content (AvgIpc) is 3.00. The SMILES string of the molecule is CCn1cc(Cl)c(C(=O)N2CCN(Cc3cccc(F)c3F)CC2)n1. The van der Waals surface area contributed by atoms with Gasteiger partial charge in [0.05, 0.1) is 5.02 Å². The molecule has 8 heteroatoms. The van der Waals surface area contributed by atoms with Crippen LogP contribution in [-0.4, -0.2) is 51.7 Å². The second kappa shape index (κ2) is 7.49. The molecule has 1 aromatic heterocycles. The Labute approximate surface area is 149 Å². The first-order valence-electron chi connectivity index (χ1n) is 8.17. The molecule has 0 atom stereocenters. The zero-order valence-electron chi connectivity index (χ0n) is 13.9. The van der Waals surface area contributed by atoms with Crippen LogP contribution in [0, 0.1) is 11.6 Å². The molecule has 3 rings (SSSR count). The summed E-state index contributed by atoms with van der Waals surface area (Å²) < 4.78 is 28.7. The van der Waals surface area contributed by atoms with E-state index in [0.717, 1.165) is 6.07 Å². The lowest BCUT2D eigenvalue weighted by Crippen LogP contribution is -2.48. The molecule has 2 aromatic rings. The van der Waals surface area contributed by atoms with Crippen molar-refractivity contribution in [2.45, 2.75) is 20.0 Å². The van der Waals surface area contributed by atoms with Crippen molar-refractivity contribution in [2.75, 3.05) is 26.2 Å². The minimum atomic E-state index is -0.840. The first kappa shape index (κ1) is 17.8. The minimum Gasteiger partial charge on any atom is -0.335 e. The van der Waals surface area contributed by atoms with E-state index >= 15 is 0 Å². The number of aromatic nitrogens is 2. The van der Waals surface area contributed by atoms with E-state index in [1.165, 1.54) is 6.07 Å². The van der Waals surface area contributed by atoms with Crippen LogP contribution in [0.15, 0.2) is 24.4 Å². The topological polar surface area (TPSA) is 41.4 Å². The van der Waals surface area contributed by atoms with Gasteiger partial charge in [0.25, 0.3) is 5.91 Å². The summed E-state index contributed by atoms with van der Waals surface area (Å²) in [5.74, 6) is -1.85. The largest absolute Gasteiger partial charge is 0.335 e. The van der Waals surface area contributed by atoms with E-state index in [4.69, 9.17) is 11.6 Å². The van der Waals surface area contributed by atoms with Crippen LogP contribution in [0.4, 0.5) is 8.78 Å². The monoisotopic (exact) mass is 368 g/mol. The summed E-state index contributed by atoms with van der Waals surface area (Å²) in [5, 5.41) is 4.54. The molecule has 1 saturated heterocycles.